The van der Waals surface area contributed by atoms with Crippen molar-refractivity contribution in [2.24, 2.45) is 5.16 Å². The third-order valence-electron chi connectivity index (χ3n) is 4.13. The van der Waals surface area contributed by atoms with E-state index >= 15 is 0 Å². The average molecular weight is 417 g/mol. The fraction of sp³-hybridized carbons (Fsp3) is 0.238. The van der Waals surface area contributed by atoms with Gasteiger partial charge >= 0.3 is 0 Å². The van der Waals surface area contributed by atoms with Crippen molar-refractivity contribution in [3.63, 3.8) is 0 Å². The van der Waals surface area contributed by atoms with E-state index in [9.17, 15) is 0 Å². The van der Waals surface area contributed by atoms with Crippen molar-refractivity contribution in [1.29, 1.82) is 0 Å². The summed E-state index contributed by atoms with van der Waals surface area (Å²) in [5.41, 5.74) is 3.68. The molecule has 0 aliphatic rings. The molecule has 0 saturated carbocycles. The number of methoxy groups -OCH3 is 1. The van der Waals surface area contributed by atoms with Gasteiger partial charge in [0.15, 0.2) is 5.76 Å². The van der Waals surface area contributed by atoms with Gasteiger partial charge in [-0.3, -0.25) is 0 Å². The van der Waals surface area contributed by atoms with E-state index in [2.05, 4.69) is 10.3 Å². The van der Waals surface area contributed by atoms with Crippen LogP contribution in [0.15, 0.2) is 64.3 Å². The molecule has 0 N–H and O–H groups in total. The number of hydrogen-bond acceptors (Lipinski definition) is 6. The molecule has 146 valence electrons. The van der Waals surface area contributed by atoms with Gasteiger partial charge in [-0.1, -0.05) is 58.3 Å². The molecule has 2 aromatic carbocycles. The monoisotopic (exact) mass is 416 g/mol. The van der Waals surface area contributed by atoms with Crippen LogP contribution in [0.4, 0.5) is 0 Å². The van der Waals surface area contributed by atoms with Crippen LogP contribution >= 0.6 is 23.4 Å². The number of nitrogens with zero attached hydrogens (tertiary/aromatic N) is 2. The first-order valence-electron chi connectivity index (χ1n) is 8.66. The molecule has 1 heterocycles. The summed E-state index contributed by atoms with van der Waals surface area (Å²) in [5.74, 6) is 0.655. The standard InChI is InChI=1S/C21H21ClN2O3S/c1-14-12-19(27-23-14)20(25-2)18-7-5-4-6-16(18)13-26-24-21(28-3)15-8-10-17(22)11-9-15/h4-12,20H,13H2,1-3H3/b24-21-. The normalized spacial score (nSPS) is 12.8. The minimum atomic E-state index is -0.360. The number of aryl methyl sites for hydroxylation is 1. The van der Waals surface area contributed by atoms with Gasteiger partial charge in [-0.25, -0.2) is 0 Å². The lowest BCUT2D eigenvalue weighted by Crippen LogP contribution is -2.07. The highest BCUT2D eigenvalue weighted by Gasteiger charge is 2.21. The molecule has 3 aromatic rings. The van der Waals surface area contributed by atoms with E-state index in [-0.39, 0.29) is 6.10 Å². The lowest BCUT2D eigenvalue weighted by atomic mass is 10.0. The molecule has 3 rings (SSSR count). The Morgan fingerprint density at radius 1 is 1.21 bits per heavy atom. The highest BCUT2D eigenvalue weighted by atomic mass is 35.5. The van der Waals surface area contributed by atoms with Crippen LogP contribution in [0, 0.1) is 6.92 Å². The Kier molecular flexibility index (Phi) is 7.14. The maximum atomic E-state index is 5.95. The Balaban J connectivity index is 1.78. The van der Waals surface area contributed by atoms with Gasteiger partial charge in [0.25, 0.3) is 0 Å². The summed E-state index contributed by atoms with van der Waals surface area (Å²) in [6.07, 6.45) is 1.60. The zero-order chi connectivity index (χ0) is 19.9. The quantitative estimate of drug-likeness (QED) is 0.284. The second-order valence-electron chi connectivity index (χ2n) is 6.07. The van der Waals surface area contributed by atoms with E-state index < -0.39 is 0 Å². The molecule has 7 heteroatoms. The number of thioether (sulfide) groups is 1. The third-order valence-corrected chi connectivity index (χ3v) is 5.08. The van der Waals surface area contributed by atoms with Crippen molar-refractivity contribution in [3.05, 3.63) is 87.8 Å². The zero-order valence-electron chi connectivity index (χ0n) is 15.9. The largest absolute Gasteiger partial charge is 0.390 e. The van der Waals surface area contributed by atoms with Crippen LogP contribution in [0.2, 0.25) is 5.02 Å². The fourth-order valence-corrected chi connectivity index (χ4v) is 3.41. The van der Waals surface area contributed by atoms with Crippen LogP contribution in [0.25, 0.3) is 0 Å². The van der Waals surface area contributed by atoms with Crippen LogP contribution < -0.4 is 0 Å². The van der Waals surface area contributed by atoms with Crippen molar-refractivity contribution in [3.8, 4) is 0 Å². The Morgan fingerprint density at radius 3 is 2.61 bits per heavy atom. The van der Waals surface area contributed by atoms with Gasteiger partial charge in [-0.2, -0.15) is 0 Å². The number of ether oxygens (including phenoxy) is 1. The smallest absolute Gasteiger partial charge is 0.170 e. The minimum Gasteiger partial charge on any atom is -0.390 e. The second-order valence-corrected chi connectivity index (χ2v) is 7.30. The van der Waals surface area contributed by atoms with E-state index in [4.69, 9.17) is 25.7 Å². The van der Waals surface area contributed by atoms with Crippen molar-refractivity contribution in [2.45, 2.75) is 19.6 Å². The maximum Gasteiger partial charge on any atom is 0.170 e. The number of rotatable bonds is 7. The lowest BCUT2D eigenvalue weighted by Gasteiger charge is -2.16. The molecule has 1 atom stereocenters. The molecule has 1 aromatic heterocycles. The summed E-state index contributed by atoms with van der Waals surface area (Å²) in [6.45, 7) is 2.19. The van der Waals surface area contributed by atoms with Crippen LogP contribution in [0.5, 0.6) is 0 Å². The molecule has 28 heavy (non-hydrogen) atoms. The molecule has 0 spiro atoms. The van der Waals surface area contributed by atoms with E-state index in [1.807, 2.05) is 67.8 Å². The van der Waals surface area contributed by atoms with Crippen LogP contribution in [-0.2, 0) is 16.2 Å². The first kappa shape index (κ1) is 20.5. The van der Waals surface area contributed by atoms with Gasteiger partial charge in [0.1, 0.15) is 17.8 Å². The molecular formula is C21H21ClN2O3S. The molecule has 0 aliphatic heterocycles. The second kappa shape index (κ2) is 9.78. The summed E-state index contributed by atoms with van der Waals surface area (Å²) in [4.78, 5) is 5.67. The number of aromatic nitrogens is 1. The average Bonchev–Trinajstić information content (AvgIpc) is 3.14. The summed E-state index contributed by atoms with van der Waals surface area (Å²) >= 11 is 7.47. The van der Waals surface area contributed by atoms with Gasteiger partial charge < -0.3 is 14.1 Å². The van der Waals surface area contributed by atoms with Gasteiger partial charge in [-0.05, 0) is 36.4 Å². The highest BCUT2D eigenvalue weighted by molar-refractivity contribution is 8.13. The molecular weight excluding hydrogens is 396 g/mol. The van der Waals surface area contributed by atoms with Crippen molar-refractivity contribution < 1.29 is 14.1 Å². The van der Waals surface area contributed by atoms with Crippen LogP contribution in [-0.4, -0.2) is 23.6 Å². The van der Waals surface area contributed by atoms with Crippen molar-refractivity contribution in [1.82, 2.24) is 5.16 Å². The third kappa shape index (κ3) is 4.95. The fourth-order valence-electron chi connectivity index (χ4n) is 2.79. The molecule has 0 radical (unpaired) electrons. The predicted molar refractivity (Wildman–Crippen MR) is 113 cm³/mol. The minimum absolute atomic E-state index is 0.306. The first-order valence-corrected chi connectivity index (χ1v) is 10.3. The Labute approximate surface area is 173 Å². The van der Waals surface area contributed by atoms with E-state index in [0.717, 1.165) is 27.4 Å². The Hall–Kier alpha value is -2.28. The van der Waals surface area contributed by atoms with E-state index in [0.29, 0.717) is 17.4 Å². The predicted octanol–water partition coefficient (Wildman–Crippen LogP) is 5.61. The van der Waals surface area contributed by atoms with Gasteiger partial charge in [0.05, 0.1) is 5.69 Å². The topological polar surface area (TPSA) is 56.9 Å². The number of oxime groups is 1. The van der Waals surface area contributed by atoms with Crippen molar-refractivity contribution in [2.75, 3.05) is 13.4 Å². The molecule has 0 fully saturated rings. The molecule has 0 amide bonds. The molecule has 0 saturated heterocycles. The molecule has 5 nitrogen and oxygen atoms in total. The maximum absolute atomic E-state index is 5.95. The van der Waals surface area contributed by atoms with E-state index in [1.54, 1.807) is 7.11 Å². The van der Waals surface area contributed by atoms with Gasteiger partial charge in [-0.15, -0.1) is 11.8 Å². The number of halogens is 1. The number of benzene rings is 2. The Bertz CT molecular complexity index is 941. The first-order chi connectivity index (χ1) is 13.6. The highest BCUT2D eigenvalue weighted by Crippen LogP contribution is 2.29. The lowest BCUT2D eigenvalue weighted by molar-refractivity contribution is 0.101. The molecule has 0 bridgehead atoms. The van der Waals surface area contributed by atoms with Crippen LogP contribution in [0.3, 0.4) is 0 Å². The van der Waals surface area contributed by atoms with Gasteiger partial charge in [0, 0.05) is 23.8 Å². The summed E-state index contributed by atoms with van der Waals surface area (Å²) in [6, 6.07) is 17.3. The van der Waals surface area contributed by atoms with Crippen LogP contribution in [0.1, 0.15) is 34.2 Å². The summed E-state index contributed by atoms with van der Waals surface area (Å²) < 4.78 is 11.1. The summed E-state index contributed by atoms with van der Waals surface area (Å²) in [7, 11) is 1.64. The number of hydrogen-bond donors (Lipinski definition) is 0. The van der Waals surface area contributed by atoms with Gasteiger partial charge in [0.2, 0.25) is 0 Å². The summed E-state index contributed by atoms with van der Waals surface area (Å²) in [5, 5.41) is 9.73. The zero-order valence-corrected chi connectivity index (χ0v) is 17.5. The SMILES string of the molecule is COC(c1cc(C)no1)c1ccccc1CO/N=C(\SC)c1ccc(Cl)cc1. The Morgan fingerprint density at radius 2 is 1.96 bits per heavy atom. The molecule has 1 unspecified atom stereocenters. The van der Waals surface area contributed by atoms with Crippen molar-refractivity contribution >= 4 is 28.4 Å². The molecule has 0 aliphatic carbocycles. The van der Waals surface area contributed by atoms with E-state index in [1.165, 1.54) is 11.8 Å².